The zero-order chi connectivity index (χ0) is 23.6. The van der Waals surface area contributed by atoms with E-state index in [-0.39, 0.29) is 5.92 Å². The third-order valence-electron chi connectivity index (χ3n) is 7.48. The molecule has 0 saturated carbocycles. The topological polar surface area (TPSA) is 54.5 Å². The second kappa shape index (κ2) is 13.5. The average molecular weight is 570 g/mol. The van der Waals surface area contributed by atoms with Crippen molar-refractivity contribution in [2.75, 3.05) is 13.1 Å². The summed E-state index contributed by atoms with van der Waals surface area (Å²) < 4.78 is 34.0. The van der Waals surface area contributed by atoms with Crippen molar-refractivity contribution in [3.8, 4) is 0 Å². The predicted molar refractivity (Wildman–Crippen MR) is 137 cm³/mol. The number of aryl methyl sites for hydroxylation is 1. The van der Waals surface area contributed by atoms with Crippen LogP contribution in [0.5, 0.6) is 0 Å². The molecule has 0 N–H and O–H groups in total. The van der Waals surface area contributed by atoms with Gasteiger partial charge in [0.1, 0.15) is 0 Å². The van der Waals surface area contributed by atoms with Crippen molar-refractivity contribution in [1.29, 1.82) is 0 Å². The molecule has 0 aliphatic carbocycles. The van der Waals surface area contributed by atoms with E-state index in [9.17, 15) is 13.2 Å². The van der Waals surface area contributed by atoms with Crippen LogP contribution in [0.2, 0.25) is 17.7 Å². The van der Waals surface area contributed by atoms with Gasteiger partial charge in [0.05, 0.1) is 0 Å². The molecule has 1 aromatic carbocycles. The standard InChI is InChI=1S/C14H18NO3S.3C4H9.Sn/c1-11-3-5-14(6-4-11)19(17,18)15-9-12(2)13(10-15)7-8-16;3*1-3-4-2;/h3-6,8,12-13H,2,7,9-10H2,1H3;3*1,3-4H2,2H3;/t12-,13-;;;;/m1..../s1. The van der Waals surface area contributed by atoms with E-state index in [1.54, 1.807) is 16.4 Å². The van der Waals surface area contributed by atoms with Crippen LogP contribution in [0.3, 0.4) is 0 Å². The van der Waals surface area contributed by atoms with Crippen LogP contribution in [0, 0.1) is 18.8 Å². The Morgan fingerprint density at radius 3 is 1.88 bits per heavy atom. The molecule has 6 heteroatoms. The molecule has 1 fully saturated rings. The van der Waals surface area contributed by atoms with E-state index >= 15 is 0 Å². The van der Waals surface area contributed by atoms with Crippen LogP contribution in [0.4, 0.5) is 0 Å². The van der Waals surface area contributed by atoms with E-state index in [0.717, 1.165) is 11.8 Å². The number of nitrogens with zero attached hydrogens (tertiary/aromatic N) is 1. The molecule has 1 aromatic rings. The van der Waals surface area contributed by atoms with Gasteiger partial charge in [-0.1, -0.05) is 0 Å². The molecular formula is C26H45NO3SSn. The predicted octanol–water partition coefficient (Wildman–Crippen LogP) is 6.67. The van der Waals surface area contributed by atoms with Gasteiger partial charge in [0.15, 0.2) is 0 Å². The molecule has 32 heavy (non-hydrogen) atoms. The van der Waals surface area contributed by atoms with E-state index in [1.807, 2.05) is 19.1 Å². The molecule has 0 unspecified atom stereocenters. The number of sulfonamides is 1. The average Bonchev–Trinajstić information content (AvgIpc) is 3.18. The third-order valence-corrected chi connectivity index (χ3v) is 25.4. The van der Waals surface area contributed by atoms with Crippen molar-refractivity contribution in [3.05, 3.63) is 29.8 Å². The van der Waals surface area contributed by atoms with Crippen LogP contribution in [0.25, 0.3) is 0 Å². The SMILES string of the molecule is CCC[CH2][Sn]([CH2]CCC)([CH2]CCC)[CH2][C@@H]1CN(S(=O)(=O)c2ccc(C)cc2)C[C@H]1CC=O. The first kappa shape index (κ1) is 27.8. The van der Waals surface area contributed by atoms with Crippen LogP contribution in [-0.2, 0) is 14.8 Å². The summed E-state index contributed by atoms with van der Waals surface area (Å²) >= 11 is -2.42. The molecule has 2 atom stereocenters. The Kier molecular flexibility index (Phi) is 11.7. The first-order valence-electron chi connectivity index (χ1n) is 12.8. The molecule has 0 amide bonds. The Morgan fingerprint density at radius 1 is 0.906 bits per heavy atom. The maximum atomic E-state index is 13.4. The number of aldehydes is 1. The molecule has 1 saturated heterocycles. The van der Waals surface area contributed by atoms with Crippen molar-refractivity contribution < 1.29 is 13.2 Å². The van der Waals surface area contributed by atoms with Gasteiger partial charge in [0.25, 0.3) is 0 Å². The first-order chi connectivity index (χ1) is 15.3. The minimum absolute atomic E-state index is 0.175. The fraction of sp³-hybridized carbons (Fsp3) is 0.731. The summed E-state index contributed by atoms with van der Waals surface area (Å²) in [6.07, 6.45) is 9.19. The van der Waals surface area contributed by atoms with Gasteiger partial charge in [-0.3, -0.25) is 0 Å². The Balaban J connectivity index is 2.28. The van der Waals surface area contributed by atoms with Gasteiger partial charge in [-0.25, -0.2) is 0 Å². The van der Waals surface area contributed by atoms with E-state index in [1.165, 1.54) is 56.3 Å². The van der Waals surface area contributed by atoms with Crippen LogP contribution in [0.1, 0.15) is 71.3 Å². The van der Waals surface area contributed by atoms with E-state index in [2.05, 4.69) is 20.8 Å². The zero-order valence-electron chi connectivity index (χ0n) is 20.8. The zero-order valence-corrected chi connectivity index (χ0v) is 24.5. The number of hydrogen-bond acceptors (Lipinski definition) is 3. The molecule has 1 heterocycles. The van der Waals surface area contributed by atoms with Crippen LogP contribution >= 0.6 is 0 Å². The third kappa shape index (κ3) is 7.56. The molecule has 182 valence electrons. The molecule has 1 aliphatic heterocycles. The summed E-state index contributed by atoms with van der Waals surface area (Å²) in [5, 5.41) is 0. The molecule has 1 aliphatic rings. The Labute approximate surface area is 201 Å². The number of unbranched alkanes of at least 4 members (excludes halogenated alkanes) is 3. The number of benzene rings is 1. The normalized spacial score (nSPS) is 20.0. The molecule has 4 nitrogen and oxygen atoms in total. The second-order valence-electron chi connectivity index (χ2n) is 10.1. The van der Waals surface area contributed by atoms with E-state index in [0.29, 0.717) is 30.3 Å². The summed E-state index contributed by atoms with van der Waals surface area (Å²) in [6.45, 7) is 9.93. The van der Waals surface area contributed by atoms with E-state index < -0.39 is 28.4 Å². The van der Waals surface area contributed by atoms with Gasteiger partial charge in [-0.2, -0.15) is 0 Å². The van der Waals surface area contributed by atoms with Crippen molar-refractivity contribution in [3.63, 3.8) is 0 Å². The summed E-state index contributed by atoms with van der Waals surface area (Å²) in [5.41, 5.74) is 1.06. The van der Waals surface area contributed by atoms with Crippen molar-refractivity contribution in [1.82, 2.24) is 4.31 Å². The molecule has 0 aromatic heterocycles. The fourth-order valence-corrected chi connectivity index (χ4v) is 24.9. The van der Waals surface area contributed by atoms with Crippen LogP contribution in [0.15, 0.2) is 29.2 Å². The fourth-order valence-electron chi connectivity index (χ4n) is 5.47. The quantitative estimate of drug-likeness (QED) is 0.175. The molecule has 0 spiro atoms. The van der Waals surface area contributed by atoms with Gasteiger partial charge in [-0.05, 0) is 0 Å². The number of carbonyl (C=O) groups excluding carboxylic acids is 1. The van der Waals surface area contributed by atoms with Gasteiger partial charge in [-0.15, -0.1) is 0 Å². The number of rotatable bonds is 15. The Hall–Kier alpha value is -0.401. The Morgan fingerprint density at radius 2 is 1.41 bits per heavy atom. The Bertz CT molecular complexity index is 772. The van der Waals surface area contributed by atoms with Crippen LogP contribution < -0.4 is 0 Å². The summed E-state index contributed by atoms with van der Waals surface area (Å²) in [4.78, 5) is 11.9. The minimum atomic E-state index is -3.51. The van der Waals surface area contributed by atoms with Crippen LogP contribution in [-0.4, -0.2) is 50.5 Å². The van der Waals surface area contributed by atoms with Crippen molar-refractivity contribution in [2.24, 2.45) is 11.8 Å². The first-order valence-corrected chi connectivity index (χ1v) is 22.3. The maximum absolute atomic E-state index is 13.4. The monoisotopic (exact) mass is 571 g/mol. The second-order valence-corrected chi connectivity index (χ2v) is 26.0. The molecule has 0 bridgehead atoms. The van der Waals surface area contributed by atoms with Gasteiger partial charge < -0.3 is 0 Å². The van der Waals surface area contributed by atoms with Gasteiger partial charge in [0, 0.05) is 0 Å². The van der Waals surface area contributed by atoms with Gasteiger partial charge >= 0.3 is 202 Å². The summed E-state index contributed by atoms with van der Waals surface area (Å²) in [5.74, 6) is 0.524. The molecular weight excluding hydrogens is 525 g/mol. The van der Waals surface area contributed by atoms with Crippen molar-refractivity contribution >= 4 is 34.7 Å². The van der Waals surface area contributed by atoms with Crippen molar-refractivity contribution in [2.45, 2.75) is 95.3 Å². The van der Waals surface area contributed by atoms with E-state index in [4.69, 9.17) is 0 Å². The number of carbonyl (C=O) groups is 1. The summed E-state index contributed by atoms with van der Waals surface area (Å²) in [7, 11) is -3.51. The van der Waals surface area contributed by atoms with Gasteiger partial charge in [0.2, 0.25) is 0 Å². The molecule has 2 rings (SSSR count). The number of hydrogen-bond donors (Lipinski definition) is 0. The molecule has 0 radical (unpaired) electrons. The summed E-state index contributed by atoms with van der Waals surface area (Å²) in [6, 6.07) is 7.18.